The van der Waals surface area contributed by atoms with E-state index in [0.29, 0.717) is 11.6 Å². The summed E-state index contributed by atoms with van der Waals surface area (Å²) in [6.07, 6.45) is 6.74. The van der Waals surface area contributed by atoms with Crippen molar-refractivity contribution in [1.82, 2.24) is 24.7 Å². The second kappa shape index (κ2) is 15.9. The number of hydrogen-bond donors (Lipinski definition) is 2. The fourth-order valence-corrected chi connectivity index (χ4v) is 5.96. The summed E-state index contributed by atoms with van der Waals surface area (Å²) < 4.78 is 22.3. The Hall–Kier alpha value is -3.69. The van der Waals surface area contributed by atoms with Gasteiger partial charge in [-0.15, -0.1) is 0 Å². The van der Waals surface area contributed by atoms with Crippen LogP contribution < -0.4 is 10.6 Å². The lowest BCUT2D eigenvalue weighted by molar-refractivity contribution is 0.0827. The molecule has 2 aromatic heterocycles. The topological polar surface area (TPSA) is 74.7 Å². The van der Waals surface area contributed by atoms with Crippen molar-refractivity contribution in [3.63, 3.8) is 0 Å². The predicted molar refractivity (Wildman–Crippen MR) is 180 cm³/mol. The molecule has 0 saturated carbocycles. The standard InChI is InChI=1S/C33H45FN6O2.C2H6/c1-21-15-25(33(41)38(5)6)16-22(2)31(21)24-10-13-40(14-11-24)20-26-18-27-29(9-12-36-32(27)39(26)7)37-19-28(34)30(35-4)17-23(3)42-8;1-2/h9,12,15-19,23-24,35H,10-11,13-14,20H2,1-8H3,(H,36,37);1-2H3/b28-19+,30-17+;. The number of fused-ring (bicyclic) bond motifs is 1. The number of likely N-dealkylation sites (tertiary alicyclic amines) is 1. The van der Waals surface area contributed by atoms with Crippen LogP contribution in [0.5, 0.6) is 0 Å². The Labute approximate surface area is 263 Å². The summed E-state index contributed by atoms with van der Waals surface area (Å²) in [6.45, 7) is 12.9. The van der Waals surface area contributed by atoms with Gasteiger partial charge in [0.25, 0.3) is 5.91 Å². The molecule has 1 unspecified atom stereocenters. The van der Waals surface area contributed by atoms with E-state index in [0.717, 1.165) is 54.8 Å². The Morgan fingerprint density at radius 3 is 2.39 bits per heavy atom. The SMILES string of the molecule is CC.CNC(=C/C(C)OC)/C(F)=C\Nc1ccnc2c1cc(CN1CCC(c3c(C)cc(C(=O)N(C)C)cc3C)CC1)n2C. The van der Waals surface area contributed by atoms with Gasteiger partial charge in [-0.1, -0.05) is 13.8 Å². The lowest BCUT2D eigenvalue weighted by Crippen LogP contribution is -2.33. The van der Waals surface area contributed by atoms with Crippen LogP contribution in [0.15, 0.2) is 54.3 Å². The maximum atomic E-state index is 14.9. The van der Waals surface area contributed by atoms with E-state index >= 15 is 0 Å². The van der Waals surface area contributed by atoms with Gasteiger partial charge in [0.2, 0.25) is 0 Å². The van der Waals surface area contributed by atoms with Crippen molar-refractivity contribution in [3.8, 4) is 0 Å². The van der Waals surface area contributed by atoms with Crippen LogP contribution in [-0.2, 0) is 18.3 Å². The molecule has 0 aliphatic carbocycles. The van der Waals surface area contributed by atoms with Crippen molar-refractivity contribution in [2.24, 2.45) is 7.05 Å². The minimum absolute atomic E-state index is 0.0443. The number of methoxy groups -OCH3 is 1. The molecule has 1 saturated heterocycles. The number of carbonyl (C=O) groups is 1. The summed E-state index contributed by atoms with van der Waals surface area (Å²) in [5, 5.41) is 6.98. The molecule has 1 atom stereocenters. The number of hydrogen-bond acceptors (Lipinski definition) is 6. The first-order chi connectivity index (χ1) is 21.0. The lowest BCUT2D eigenvalue weighted by atomic mass is 9.83. The molecule has 44 heavy (non-hydrogen) atoms. The molecule has 3 heterocycles. The third kappa shape index (κ3) is 8.07. The predicted octanol–water partition coefficient (Wildman–Crippen LogP) is 6.66. The molecule has 240 valence electrons. The summed E-state index contributed by atoms with van der Waals surface area (Å²) in [6, 6.07) is 8.10. The van der Waals surface area contributed by atoms with Crippen molar-refractivity contribution in [2.45, 2.75) is 66.0 Å². The van der Waals surface area contributed by atoms with E-state index in [1.165, 1.54) is 28.6 Å². The van der Waals surface area contributed by atoms with Gasteiger partial charge in [-0.2, -0.15) is 0 Å². The third-order valence-electron chi connectivity index (χ3n) is 8.31. The molecule has 4 rings (SSSR count). The van der Waals surface area contributed by atoms with E-state index in [1.54, 1.807) is 45.4 Å². The monoisotopic (exact) mass is 606 g/mol. The smallest absolute Gasteiger partial charge is 0.253 e. The number of anilines is 1. The molecule has 0 radical (unpaired) electrons. The molecular formula is C35H51FN6O2. The zero-order chi connectivity index (χ0) is 32.6. The molecule has 1 aliphatic heterocycles. The Balaban J connectivity index is 0.00000259. The highest BCUT2D eigenvalue weighted by molar-refractivity contribution is 5.94. The van der Waals surface area contributed by atoms with Crippen molar-refractivity contribution < 1.29 is 13.9 Å². The third-order valence-corrected chi connectivity index (χ3v) is 8.31. The summed E-state index contributed by atoms with van der Waals surface area (Å²) in [4.78, 5) is 21.2. The number of ether oxygens (including phenoxy) is 1. The highest BCUT2D eigenvalue weighted by Gasteiger charge is 2.25. The van der Waals surface area contributed by atoms with Crippen LogP contribution in [0, 0.1) is 13.8 Å². The average Bonchev–Trinajstić information content (AvgIpc) is 3.34. The van der Waals surface area contributed by atoms with Crippen molar-refractivity contribution in [1.29, 1.82) is 0 Å². The van der Waals surface area contributed by atoms with Crippen LogP contribution in [0.2, 0.25) is 0 Å². The van der Waals surface area contributed by atoms with E-state index in [-0.39, 0.29) is 12.0 Å². The number of aromatic nitrogens is 2. The number of allylic oxidation sites excluding steroid dienone is 1. The van der Waals surface area contributed by atoms with Crippen molar-refractivity contribution in [3.05, 3.63) is 82.2 Å². The maximum absolute atomic E-state index is 14.9. The highest BCUT2D eigenvalue weighted by Crippen LogP contribution is 2.34. The van der Waals surface area contributed by atoms with Crippen LogP contribution in [-0.4, -0.2) is 72.7 Å². The van der Waals surface area contributed by atoms with Gasteiger partial charge in [-0.05, 0) is 99.7 Å². The zero-order valence-electron chi connectivity index (χ0n) is 28.2. The first-order valence-corrected chi connectivity index (χ1v) is 15.6. The Morgan fingerprint density at radius 1 is 1.18 bits per heavy atom. The number of piperidine rings is 1. The fraction of sp³-hybridized carbons (Fsp3) is 0.486. The number of nitrogens with one attached hydrogen (secondary N) is 2. The molecule has 2 N–H and O–H groups in total. The highest BCUT2D eigenvalue weighted by atomic mass is 19.1. The van der Waals surface area contributed by atoms with E-state index in [4.69, 9.17) is 4.74 Å². The number of halogens is 1. The van der Waals surface area contributed by atoms with Gasteiger partial charge in [-0.3, -0.25) is 9.69 Å². The number of carbonyl (C=O) groups excluding carboxylic acids is 1. The number of likely N-dealkylation sites (N-methyl/N-ethyl adjacent to an activating group) is 1. The van der Waals surface area contributed by atoms with Gasteiger partial charge in [-0.25, -0.2) is 9.37 Å². The van der Waals surface area contributed by atoms with Gasteiger partial charge < -0.3 is 24.8 Å². The molecule has 0 spiro atoms. The van der Waals surface area contributed by atoms with E-state index in [9.17, 15) is 9.18 Å². The Bertz CT molecular complexity index is 1460. The fourth-order valence-electron chi connectivity index (χ4n) is 5.96. The quantitative estimate of drug-likeness (QED) is 0.252. The second-order valence-corrected chi connectivity index (χ2v) is 11.5. The number of nitrogens with zero attached hydrogens (tertiary/aromatic N) is 4. The number of pyridine rings is 1. The van der Waals surface area contributed by atoms with Crippen LogP contribution >= 0.6 is 0 Å². The Kier molecular flexibility index (Phi) is 12.5. The largest absolute Gasteiger partial charge is 0.386 e. The van der Waals surface area contributed by atoms with E-state index in [2.05, 4.69) is 45.0 Å². The number of rotatable bonds is 10. The molecule has 1 fully saturated rings. The molecule has 0 bridgehead atoms. The lowest BCUT2D eigenvalue weighted by Gasteiger charge is -2.33. The van der Waals surface area contributed by atoms with Gasteiger partial charge in [0, 0.05) is 70.9 Å². The molecule has 3 aromatic rings. The van der Waals surface area contributed by atoms with Gasteiger partial charge >= 0.3 is 0 Å². The minimum atomic E-state index is -0.408. The van der Waals surface area contributed by atoms with Crippen LogP contribution in [0.25, 0.3) is 11.0 Å². The zero-order valence-corrected chi connectivity index (χ0v) is 28.2. The summed E-state index contributed by atoms with van der Waals surface area (Å²) in [5.74, 6) is 0.123. The molecular weight excluding hydrogens is 555 g/mol. The summed E-state index contributed by atoms with van der Waals surface area (Å²) in [7, 11) is 8.90. The van der Waals surface area contributed by atoms with Crippen molar-refractivity contribution in [2.75, 3.05) is 46.7 Å². The van der Waals surface area contributed by atoms with E-state index < -0.39 is 5.83 Å². The molecule has 8 nitrogen and oxygen atoms in total. The van der Waals surface area contributed by atoms with Gasteiger partial charge in [0.05, 0.1) is 17.5 Å². The minimum Gasteiger partial charge on any atom is -0.386 e. The first kappa shape index (κ1) is 34.8. The normalized spacial score (nSPS) is 15.5. The van der Waals surface area contributed by atoms with Gasteiger partial charge in [0.1, 0.15) is 5.65 Å². The maximum Gasteiger partial charge on any atom is 0.253 e. The van der Waals surface area contributed by atoms with Crippen LogP contribution in [0.1, 0.15) is 72.3 Å². The Morgan fingerprint density at radius 2 is 1.82 bits per heavy atom. The molecule has 9 heteroatoms. The van der Waals surface area contributed by atoms with Crippen LogP contribution in [0.4, 0.5) is 10.1 Å². The second-order valence-electron chi connectivity index (χ2n) is 11.5. The van der Waals surface area contributed by atoms with Crippen LogP contribution in [0.3, 0.4) is 0 Å². The number of aryl methyl sites for hydroxylation is 3. The first-order valence-electron chi connectivity index (χ1n) is 15.6. The number of benzene rings is 1. The average molecular weight is 607 g/mol. The van der Waals surface area contributed by atoms with Crippen molar-refractivity contribution >= 4 is 22.6 Å². The molecule has 1 aliphatic rings. The number of amides is 1. The molecule has 1 amide bonds. The molecule has 1 aromatic carbocycles. The summed E-state index contributed by atoms with van der Waals surface area (Å²) in [5.41, 5.74) is 7.74. The van der Waals surface area contributed by atoms with Gasteiger partial charge in [0.15, 0.2) is 5.83 Å². The van der Waals surface area contributed by atoms with E-state index in [1.807, 2.05) is 46.0 Å². The summed E-state index contributed by atoms with van der Waals surface area (Å²) >= 11 is 0.